The van der Waals surface area contributed by atoms with Crippen molar-refractivity contribution in [2.24, 2.45) is 5.92 Å². The van der Waals surface area contributed by atoms with Gasteiger partial charge >= 0.3 is 0 Å². The molecule has 0 spiro atoms. The maximum Gasteiger partial charge on any atom is 0.229 e. The van der Waals surface area contributed by atoms with Gasteiger partial charge in [0.15, 0.2) is 5.82 Å². The second-order valence-electron chi connectivity index (χ2n) is 8.43. The van der Waals surface area contributed by atoms with Crippen LogP contribution in [0, 0.1) is 5.92 Å². The van der Waals surface area contributed by atoms with Crippen LogP contribution in [0.15, 0.2) is 66.9 Å². The number of hydrogen-bond acceptors (Lipinski definition) is 6. The van der Waals surface area contributed by atoms with Crippen molar-refractivity contribution in [3.63, 3.8) is 0 Å². The molecular formula is C25H26N6O2. The van der Waals surface area contributed by atoms with E-state index in [1.165, 1.54) is 12.8 Å². The molecule has 0 bridgehead atoms. The van der Waals surface area contributed by atoms with Crippen LogP contribution in [-0.2, 0) is 9.59 Å². The highest BCUT2D eigenvalue weighted by Gasteiger charge is 2.35. The third-order valence-electron chi connectivity index (χ3n) is 6.10. The number of anilines is 5. The summed E-state index contributed by atoms with van der Waals surface area (Å²) in [6, 6.07) is 18.9. The molecule has 1 unspecified atom stereocenters. The zero-order chi connectivity index (χ0) is 22.6. The van der Waals surface area contributed by atoms with Gasteiger partial charge in [-0.3, -0.25) is 9.59 Å². The Labute approximate surface area is 192 Å². The number of nitrogens with one attached hydrogen (secondary N) is 2. The van der Waals surface area contributed by atoms with E-state index >= 15 is 0 Å². The summed E-state index contributed by atoms with van der Waals surface area (Å²) in [7, 11) is 0. The molecule has 8 nitrogen and oxygen atoms in total. The van der Waals surface area contributed by atoms with Gasteiger partial charge in [-0.25, -0.2) is 0 Å². The Morgan fingerprint density at radius 3 is 2.42 bits per heavy atom. The fourth-order valence-electron chi connectivity index (χ4n) is 4.34. The lowest BCUT2D eigenvalue weighted by molar-refractivity contribution is -0.122. The van der Waals surface area contributed by atoms with E-state index < -0.39 is 0 Å². The largest absolute Gasteiger partial charge is 0.370 e. The van der Waals surface area contributed by atoms with Gasteiger partial charge in [0, 0.05) is 49.2 Å². The average Bonchev–Trinajstić information content (AvgIpc) is 3.51. The summed E-state index contributed by atoms with van der Waals surface area (Å²) in [6.45, 7) is 2.49. The second kappa shape index (κ2) is 9.28. The van der Waals surface area contributed by atoms with Crippen LogP contribution in [0.3, 0.4) is 0 Å². The number of benzene rings is 2. The molecule has 1 aromatic heterocycles. The molecule has 2 aliphatic rings. The zero-order valence-electron chi connectivity index (χ0n) is 18.3. The van der Waals surface area contributed by atoms with Crippen LogP contribution in [0.25, 0.3) is 0 Å². The van der Waals surface area contributed by atoms with Crippen LogP contribution < -0.4 is 20.4 Å². The lowest BCUT2D eigenvalue weighted by Crippen LogP contribution is -2.28. The Bertz CT molecular complexity index is 1130. The SMILES string of the molecule is O=C(Nc1ccc(Nc2cc(N3CCCC3)cnn2)cc1)C1CC(=O)N(c2ccccc2)C1. The minimum atomic E-state index is -0.376. The van der Waals surface area contributed by atoms with Crippen molar-refractivity contribution in [2.45, 2.75) is 19.3 Å². The molecule has 2 N–H and O–H groups in total. The van der Waals surface area contributed by atoms with Crippen molar-refractivity contribution >= 4 is 40.4 Å². The smallest absolute Gasteiger partial charge is 0.229 e. The summed E-state index contributed by atoms with van der Waals surface area (Å²) in [5.74, 6) is 0.130. The molecule has 168 valence electrons. The Balaban J connectivity index is 1.19. The van der Waals surface area contributed by atoms with E-state index in [4.69, 9.17) is 0 Å². The number of amides is 2. The number of nitrogens with zero attached hydrogens (tertiary/aromatic N) is 4. The topological polar surface area (TPSA) is 90.5 Å². The van der Waals surface area contributed by atoms with E-state index in [0.29, 0.717) is 18.1 Å². The number of carbonyl (C=O) groups excluding carboxylic acids is 2. The van der Waals surface area contributed by atoms with Gasteiger partial charge in [-0.15, -0.1) is 5.10 Å². The molecular weight excluding hydrogens is 416 g/mol. The van der Waals surface area contributed by atoms with E-state index in [0.717, 1.165) is 30.2 Å². The molecule has 1 atom stereocenters. The number of aromatic nitrogens is 2. The van der Waals surface area contributed by atoms with Crippen LogP contribution in [0.4, 0.5) is 28.6 Å². The number of carbonyl (C=O) groups is 2. The molecule has 0 aliphatic carbocycles. The van der Waals surface area contributed by atoms with E-state index in [9.17, 15) is 9.59 Å². The lowest BCUT2D eigenvalue weighted by Gasteiger charge is -2.17. The Morgan fingerprint density at radius 2 is 1.67 bits per heavy atom. The quantitative estimate of drug-likeness (QED) is 0.603. The van der Waals surface area contributed by atoms with Crippen molar-refractivity contribution in [1.82, 2.24) is 10.2 Å². The van der Waals surface area contributed by atoms with Crippen molar-refractivity contribution in [1.29, 1.82) is 0 Å². The summed E-state index contributed by atoms with van der Waals surface area (Å²) in [4.78, 5) is 29.1. The number of rotatable bonds is 6. The molecule has 2 amide bonds. The first kappa shape index (κ1) is 20.9. The predicted octanol–water partition coefficient (Wildman–Crippen LogP) is 3.81. The lowest BCUT2D eigenvalue weighted by atomic mass is 10.1. The molecule has 8 heteroatoms. The monoisotopic (exact) mass is 442 g/mol. The highest BCUT2D eigenvalue weighted by Crippen LogP contribution is 2.27. The van der Waals surface area contributed by atoms with Gasteiger partial charge in [0.1, 0.15) is 0 Å². The third kappa shape index (κ3) is 4.79. The molecule has 33 heavy (non-hydrogen) atoms. The molecule has 0 radical (unpaired) electrons. The van der Waals surface area contributed by atoms with E-state index in [1.54, 1.807) is 11.1 Å². The minimum Gasteiger partial charge on any atom is -0.370 e. The van der Waals surface area contributed by atoms with Crippen molar-refractivity contribution in [3.8, 4) is 0 Å². The average molecular weight is 443 g/mol. The summed E-state index contributed by atoms with van der Waals surface area (Å²) >= 11 is 0. The van der Waals surface area contributed by atoms with Gasteiger partial charge in [-0.05, 0) is 49.2 Å². The van der Waals surface area contributed by atoms with Crippen LogP contribution in [-0.4, -0.2) is 41.6 Å². The number of para-hydroxylation sites is 1. The molecule has 2 saturated heterocycles. The first-order chi connectivity index (χ1) is 16.2. The fraction of sp³-hybridized carbons (Fsp3) is 0.280. The highest BCUT2D eigenvalue weighted by molar-refractivity contribution is 6.03. The summed E-state index contributed by atoms with van der Waals surface area (Å²) in [5, 5.41) is 14.5. The predicted molar refractivity (Wildman–Crippen MR) is 129 cm³/mol. The number of hydrogen-bond donors (Lipinski definition) is 2. The summed E-state index contributed by atoms with van der Waals surface area (Å²) < 4.78 is 0. The molecule has 3 heterocycles. The van der Waals surface area contributed by atoms with Gasteiger partial charge < -0.3 is 20.4 Å². The van der Waals surface area contributed by atoms with E-state index in [2.05, 4.69) is 25.7 Å². The minimum absolute atomic E-state index is 0.0295. The fourth-order valence-corrected chi connectivity index (χ4v) is 4.34. The molecule has 2 aromatic carbocycles. The van der Waals surface area contributed by atoms with Gasteiger partial charge in [0.2, 0.25) is 11.8 Å². The van der Waals surface area contributed by atoms with Gasteiger partial charge in [0.05, 0.1) is 17.8 Å². The standard InChI is InChI=1S/C25H26N6O2/c32-24-14-18(17-31(24)21-6-2-1-3-7-21)25(33)28-20-10-8-19(9-11-20)27-23-15-22(16-26-29-23)30-12-4-5-13-30/h1-3,6-11,15-16,18H,4-5,12-14,17H2,(H,27,29)(H,28,33). The van der Waals surface area contributed by atoms with Crippen LogP contribution in [0.1, 0.15) is 19.3 Å². The first-order valence-electron chi connectivity index (χ1n) is 11.3. The first-order valence-corrected chi connectivity index (χ1v) is 11.3. The van der Waals surface area contributed by atoms with E-state index in [-0.39, 0.29) is 24.2 Å². The zero-order valence-corrected chi connectivity index (χ0v) is 18.3. The normalized spacial score (nSPS) is 17.9. The summed E-state index contributed by atoms with van der Waals surface area (Å²) in [5.41, 5.74) is 3.44. The molecule has 2 aliphatic heterocycles. The molecule has 2 fully saturated rings. The van der Waals surface area contributed by atoms with Crippen molar-refractivity contribution in [3.05, 3.63) is 66.9 Å². The van der Waals surface area contributed by atoms with Gasteiger partial charge in [-0.1, -0.05) is 18.2 Å². The third-order valence-corrected chi connectivity index (χ3v) is 6.10. The van der Waals surface area contributed by atoms with Crippen molar-refractivity contribution < 1.29 is 9.59 Å². The summed E-state index contributed by atoms with van der Waals surface area (Å²) in [6.07, 6.45) is 4.42. The maximum absolute atomic E-state index is 12.7. The van der Waals surface area contributed by atoms with Crippen LogP contribution in [0.2, 0.25) is 0 Å². The van der Waals surface area contributed by atoms with Crippen LogP contribution in [0.5, 0.6) is 0 Å². The second-order valence-corrected chi connectivity index (χ2v) is 8.43. The Kier molecular flexibility index (Phi) is 5.89. The Hall–Kier alpha value is -3.94. The molecule has 5 rings (SSSR count). The molecule has 0 saturated carbocycles. The van der Waals surface area contributed by atoms with Crippen molar-refractivity contribution in [2.75, 3.05) is 40.1 Å². The highest BCUT2D eigenvalue weighted by atomic mass is 16.2. The van der Waals surface area contributed by atoms with E-state index in [1.807, 2.05) is 60.7 Å². The molecule has 3 aromatic rings. The Morgan fingerprint density at radius 1 is 0.939 bits per heavy atom. The van der Waals surface area contributed by atoms with Crippen LogP contribution >= 0.6 is 0 Å². The van der Waals surface area contributed by atoms with Gasteiger partial charge in [-0.2, -0.15) is 5.10 Å². The van der Waals surface area contributed by atoms with Gasteiger partial charge in [0.25, 0.3) is 0 Å². The maximum atomic E-state index is 12.7.